The normalized spacial score (nSPS) is 22.2. The van der Waals surface area contributed by atoms with Crippen molar-refractivity contribution in [2.75, 3.05) is 25.1 Å². The smallest absolute Gasteiger partial charge is 0.326 e. The Morgan fingerprint density at radius 2 is 1.96 bits per heavy atom. The zero-order valence-corrected chi connectivity index (χ0v) is 16.6. The monoisotopic (exact) mass is 399 g/mol. The summed E-state index contributed by atoms with van der Waals surface area (Å²) in [6.07, 6.45) is 4.05. The lowest BCUT2D eigenvalue weighted by atomic mass is 10.1. The van der Waals surface area contributed by atoms with E-state index >= 15 is 0 Å². The number of hydrogen-bond donors (Lipinski definition) is 2. The third-order valence-electron chi connectivity index (χ3n) is 4.65. The Bertz CT molecular complexity index is 669. The van der Waals surface area contributed by atoms with E-state index in [1.54, 1.807) is 0 Å². The summed E-state index contributed by atoms with van der Waals surface area (Å²) in [6.45, 7) is 0.324. The predicted octanol–water partition coefficient (Wildman–Crippen LogP) is 2.70. The number of carboxylic acids is 1. The van der Waals surface area contributed by atoms with Gasteiger partial charge in [0.15, 0.2) is 0 Å². The third-order valence-corrected chi connectivity index (χ3v) is 7.44. The van der Waals surface area contributed by atoms with Gasteiger partial charge in [-0.1, -0.05) is 30.3 Å². The molecular formula is C18H26NO5PS. The fraction of sp³-hybridized carbons (Fsp3) is 0.556. The fourth-order valence-electron chi connectivity index (χ4n) is 3.19. The van der Waals surface area contributed by atoms with Crippen molar-refractivity contribution in [3.63, 3.8) is 0 Å². The minimum Gasteiger partial charge on any atom is -0.480 e. The zero-order chi connectivity index (χ0) is 19.2. The van der Waals surface area contributed by atoms with E-state index in [0.717, 1.165) is 12.8 Å². The SMILES string of the molecule is CS[C@@H]1C[C@@H](C(=O)O)N(C(=O)CP(=O)(O)CCCCc2ccccc2)C1. The molecule has 1 aromatic rings. The van der Waals surface area contributed by atoms with Crippen LogP contribution < -0.4 is 0 Å². The van der Waals surface area contributed by atoms with Crippen LogP contribution in [0.3, 0.4) is 0 Å². The van der Waals surface area contributed by atoms with E-state index in [2.05, 4.69) is 0 Å². The van der Waals surface area contributed by atoms with Crippen molar-refractivity contribution in [1.29, 1.82) is 0 Å². The van der Waals surface area contributed by atoms with Gasteiger partial charge in [0, 0.05) is 18.0 Å². The predicted molar refractivity (Wildman–Crippen MR) is 104 cm³/mol. The molecule has 144 valence electrons. The maximum atomic E-state index is 12.4. The average Bonchev–Trinajstić information content (AvgIpc) is 3.04. The molecule has 3 atom stereocenters. The molecule has 0 aliphatic carbocycles. The van der Waals surface area contributed by atoms with Gasteiger partial charge in [-0.25, -0.2) is 4.79 Å². The number of amides is 1. The number of aliphatic carboxylic acids is 1. The van der Waals surface area contributed by atoms with E-state index in [9.17, 15) is 24.2 Å². The molecule has 6 nitrogen and oxygen atoms in total. The van der Waals surface area contributed by atoms with Crippen LogP contribution in [-0.2, 0) is 20.6 Å². The van der Waals surface area contributed by atoms with Crippen LogP contribution in [0.25, 0.3) is 0 Å². The van der Waals surface area contributed by atoms with Crippen LogP contribution in [0.15, 0.2) is 30.3 Å². The number of nitrogens with zero attached hydrogens (tertiary/aromatic N) is 1. The van der Waals surface area contributed by atoms with Gasteiger partial charge in [-0.2, -0.15) is 11.8 Å². The molecule has 1 unspecified atom stereocenters. The van der Waals surface area contributed by atoms with E-state index in [-0.39, 0.29) is 11.4 Å². The van der Waals surface area contributed by atoms with E-state index in [1.807, 2.05) is 36.6 Å². The highest BCUT2D eigenvalue weighted by Gasteiger charge is 2.40. The number of carboxylic acid groups (broad SMARTS) is 1. The molecule has 0 radical (unpaired) electrons. The summed E-state index contributed by atoms with van der Waals surface area (Å²) >= 11 is 1.52. The second kappa shape index (κ2) is 9.58. The standard InChI is InChI=1S/C18H26NO5PS/c1-26-15-11-16(18(21)22)19(12-15)17(20)13-25(23,24)10-6-5-9-14-7-3-2-4-8-14/h2-4,7-8,15-16H,5-6,9-13H2,1H3,(H,21,22)(H,23,24)/t15-,16+/m1/s1. The van der Waals surface area contributed by atoms with Gasteiger partial charge in [-0.05, 0) is 37.5 Å². The fourth-order valence-corrected chi connectivity index (χ4v) is 5.36. The van der Waals surface area contributed by atoms with Crippen LogP contribution in [0.1, 0.15) is 24.8 Å². The van der Waals surface area contributed by atoms with Gasteiger partial charge in [0.05, 0.1) is 0 Å². The summed E-state index contributed by atoms with van der Waals surface area (Å²) in [5, 5.41) is 9.35. The highest BCUT2D eigenvalue weighted by atomic mass is 32.2. The molecule has 1 aliphatic rings. The minimum atomic E-state index is -3.60. The van der Waals surface area contributed by atoms with Gasteiger partial charge < -0.3 is 14.9 Å². The first-order valence-corrected chi connectivity index (χ1v) is 12.0. The number of carbonyl (C=O) groups is 2. The molecule has 0 spiro atoms. The van der Waals surface area contributed by atoms with Gasteiger partial charge in [0.2, 0.25) is 13.3 Å². The number of aryl methyl sites for hydroxylation is 1. The summed E-state index contributed by atoms with van der Waals surface area (Å²) in [5.74, 6) is -1.58. The lowest BCUT2D eigenvalue weighted by Crippen LogP contribution is -2.42. The summed E-state index contributed by atoms with van der Waals surface area (Å²) in [6, 6.07) is 9.01. The van der Waals surface area contributed by atoms with E-state index < -0.39 is 31.4 Å². The number of unbranched alkanes of at least 4 members (excludes halogenated alkanes) is 1. The summed E-state index contributed by atoms with van der Waals surface area (Å²) < 4.78 is 12.4. The van der Waals surface area contributed by atoms with Crippen molar-refractivity contribution in [2.45, 2.75) is 37.0 Å². The molecule has 2 N–H and O–H groups in total. The molecule has 0 aromatic heterocycles. The summed E-state index contributed by atoms with van der Waals surface area (Å²) in [5.41, 5.74) is 1.18. The molecule has 26 heavy (non-hydrogen) atoms. The van der Waals surface area contributed by atoms with Crippen molar-refractivity contribution in [2.24, 2.45) is 0 Å². The van der Waals surface area contributed by atoms with Gasteiger partial charge in [-0.3, -0.25) is 9.36 Å². The van der Waals surface area contributed by atoms with E-state index in [4.69, 9.17) is 0 Å². The highest BCUT2D eigenvalue weighted by Crippen LogP contribution is 2.42. The first-order chi connectivity index (χ1) is 12.3. The molecule has 1 aliphatic heterocycles. The second-order valence-electron chi connectivity index (χ2n) is 6.66. The van der Waals surface area contributed by atoms with Crippen LogP contribution in [-0.4, -0.2) is 63.2 Å². The van der Waals surface area contributed by atoms with Crippen LogP contribution in [0.2, 0.25) is 0 Å². The minimum absolute atomic E-state index is 0.0593. The molecule has 1 amide bonds. The molecule has 0 bridgehead atoms. The molecular weight excluding hydrogens is 373 g/mol. The van der Waals surface area contributed by atoms with Crippen molar-refractivity contribution in [3.05, 3.63) is 35.9 Å². The number of thioether (sulfide) groups is 1. The molecule has 2 rings (SSSR count). The second-order valence-corrected chi connectivity index (χ2v) is 10.3. The highest BCUT2D eigenvalue weighted by molar-refractivity contribution is 7.99. The Morgan fingerprint density at radius 3 is 2.58 bits per heavy atom. The molecule has 1 heterocycles. The lowest BCUT2D eigenvalue weighted by Gasteiger charge is -2.22. The van der Waals surface area contributed by atoms with Crippen molar-refractivity contribution < 1.29 is 24.2 Å². The Kier molecular flexibility index (Phi) is 7.74. The molecule has 8 heteroatoms. The van der Waals surface area contributed by atoms with E-state index in [1.165, 1.54) is 22.2 Å². The van der Waals surface area contributed by atoms with Crippen LogP contribution in [0.4, 0.5) is 0 Å². The van der Waals surface area contributed by atoms with E-state index in [0.29, 0.717) is 19.4 Å². The number of benzene rings is 1. The van der Waals surface area contributed by atoms with Crippen molar-refractivity contribution in [3.8, 4) is 0 Å². The number of likely N-dealkylation sites (tertiary alicyclic amines) is 1. The Morgan fingerprint density at radius 1 is 1.27 bits per heavy atom. The third kappa shape index (κ3) is 6.15. The first kappa shape index (κ1) is 21.0. The Hall–Kier alpha value is -1.30. The summed E-state index contributed by atoms with van der Waals surface area (Å²) in [4.78, 5) is 35.2. The molecule has 1 saturated heterocycles. The maximum Gasteiger partial charge on any atom is 0.326 e. The Balaban J connectivity index is 1.82. The zero-order valence-electron chi connectivity index (χ0n) is 14.9. The molecule has 1 aromatic carbocycles. The largest absolute Gasteiger partial charge is 0.480 e. The molecule has 1 fully saturated rings. The number of rotatable bonds is 9. The van der Waals surface area contributed by atoms with Gasteiger partial charge in [0.25, 0.3) is 0 Å². The van der Waals surface area contributed by atoms with Gasteiger partial charge in [0.1, 0.15) is 12.2 Å². The lowest BCUT2D eigenvalue weighted by molar-refractivity contribution is -0.147. The van der Waals surface area contributed by atoms with Crippen LogP contribution in [0.5, 0.6) is 0 Å². The first-order valence-electron chi connectivity index (χ1n) is 8.72. The van der Waals surface area contributed by atoms with Gasteiger partial charge >= 0.3 is 5.97 Å². The average molecular weight is 399 g/mol. The van der Waals surface area contributed by atoms with Crippen molar-refractivity contribution in [1.82, 2.24) is 4.90 Å². The number of hydrogen-bond acceptors (Lipinski definition) is 4. The summed E-state index contributed by atoms with van der Waals surface area (Å²) in [7, 11) is -3.60. The topological polar surface area (TPSA) is 94.9 Å². The van der Waals surface area contributed by atoms with Crippen molar-refractivity contribution >= 4 is 31.0 Å². The molecule has 0 saturated carbocycles. The van der Waals surface area contributed by atoms with Crippen LogP contribution in [0, 0.1) is 0 Å². The quantitative estimate of drug-likeness (QED) is 0.490. The maximum absolute atomic E-state index is 12.4. The van der Waals surface area contributed by atoms with Gasteiger partial charge in [-0.15, -0.1) is 0 Å². The Labute approximate surface area is 158 Å². The van der Waals surface area contributed by atoms with Crippen LogP contribution >= 0.6 is 19.1 Å². The number of carbonyl (C=O) groups excluding carboxylic acids is 1.